The van der Waals surface area contributed by atoms with E-state index >= 15 is 0 Å². The van der Waals surface area contributed by atoms with E-state index in [0.717, 1.165) is 31.0 Å². The molecule has 4 rings (SSSR count). The quantitative estimate of drug-likeness (QED) is 0.796. The zero-order chi connectivity index (χ0) is 17.4. The van der Waals surface area contributed by atoms with E-state index in [4.69, 9.17) is 0 Å². The molecule has 132 valence electrons. The predicted octanol–water partition coefficient (Wildman–Crippen LogP) is 1.21. The number of hydrogen-bond donors (Lipinski definition) is 0. The van der Waals surface area contributed by atoms with Crippen LogP contribution in [0.4, 0.5) is 5.69 Å². The van der Waals surface area contributed by atoms with Crippen LogP contribution in [0.2, 0.25) is 0 Å². The third-order valence-corrected chi connectivity index (χ3v) is 6.09. The van der Waals surface area contributed by atoms with Crippen LogP contribution in [0.25, 0.3) is 0 Å². The molecule has 0 aromatic heterocycles. The van der Waals surface area contributed by atoms with Crippen LogP contribution in [-0.2, 0) is 9.59 Å². The topological polar surface area (TPSA) is 60.9 Å². The number of para-hydroxylation sites is 1. The van der Waals surface area contributed by atoms with E-state index in [1.165, 1.54) is 4.90 Å². The molecule has 0 saturated carbocycles. The van der Waals surface area contributed by atoms with Gasteiger partial charge in [0.05, 0.1) is 11.3 Å². The molecule has 0 unspecified atom stereocenters. The molecule has 1 atom stereocenters. The Labute approximate surface area is 151 Å². The number of anilines is 1. The molecule has 6 nitrogen and oxygen atoms in total. The van der Waals surface area contributed by atoms with Crippen LogP contribution in [0.15, 0.2) is 24.3 Å². The minimum absolute atomic E-state index is 0.0120. The highest BCUT2D eigenvalue weighted by Crippen LogP contribution is 2.32. The number of carbonyl (C=O) groups excluding carboxylic acids is 3. The molecule has 0 bridgehead atoms. The van der Waals surface area contributed by atoms with Crippen molar-refractivity contribution in [2.45, 2.75) is 18.9 Å². The summed E-state index contributed by atoms with van der Waals surface area (Å²) in [6, 6.07) is 6.70. The van der Waals surface area contributed by atoms with Crippen molar-refractivity contribution in [2.24, 2.45) is 0 Å². The molecule has 0 spiro atoms. The van der Waals surface area contributed by atoms with Crippen molar-refractivity contribution in [2.75, 3.05) is 42.6 Å². The van der Waals surface area contributed by atoms with Crippen LogP contribution in [0.1, 0.15) is 23.2 Å². The molecule has 2 saturated heterocycles. The minimum atomic E-state index is -0.440. The maximum atomic E-state index is 13.1. The van der Waals surface area contributed by atoms with E-state index in [1.54, 1.807) is 23.1 Å². The number of hydrogen-bond acceptors (Lipinski definition) is 4. The summed E-state index contributed by atoms with van der Waals surface area (Å²) in [6.07, 6.45) is 1.50. The van der Waals surface area contributed by atoms with E-state index in [9.17, 15) is 14.4 Å². The smallest absolute Gasteiger partial charge is 0.256 e. The van der Waals surface area contributed by atoms with E-state index < -0.39 is 6.04 Å². The Bertz CT molecular complexity index is 717. The molecular weight excluding hydrogens is 338 g/mol. The summed E-state index contributed by atoms with van der Waals surface area (Å²) in [6.45, 7) is 2.07. The zero-order valence-corrected chi connectivity index (χ0v) is 14.8. The van der Waals surface area contributed by atoms with Gasteiger partial charge < -0.3 is 14.7 Å². The van der Waals surface area contributed by atoms with Crippen molar-refractivity contribution in [3.8, 4) is 0 Å². The van der Waals surface area contributed by atoms with Crippen molar-refractivity contribution in [3.05, 3.63) is 29.8 Å². The van der Waals surface area contributed by atoms with Gasteiger partial charge in [0.15, 0.2) is 0 Å². The lowest BCUT2D eigenvalue weighted by Gasteiger charge is -2.30. The van der Waals surface area contributed by atoms with Gasteiger partial charge in [0, 0.05) is 31.1 Å². The Morgan fingerprint density at radius 2 is 1.88 bits per heavy atom. The summed E-state index contributed by atoms with van der Waals surface area (Å²) in [5.74, 6) is 1.60. The zero-order valence-electron chi connectivity index (χ0n) is 14.0. The van der Waals surface area contributed by atoms with Gasteiger partial charge in [0.2, 0.25) is 11.8 Å². The van der Waals surface area contributed by atoms with Gasteiger partial charge in [-0.3, -0.25) is 14.4 Å². The van der Waals surface area contributed by atoms with Gasteiger partial charge in [-0.2, -0.15) is 11.8 Å². The summed E-state index contributed by atoms with van der Waals surface area (Å²) in [5, 5.41) is 0. The summed E-state index contributed by atoms with van der Waals surface area (Å²) in [7, 11) is 0. The summed E-state index contributed by atoms with van der Waals surface area (Å²) >= 11 is 1.84. The van der Waals surface area contributed by atoms with Gasteiger partial charge in [0.1, 0.15) is 12.6 Å². The summed E-state index contributed by atoms with van der Waals surface area (Å²) in [4.78, 5) is 43.7. The fraction of sp³-hybridized carbons (Fsp3) is 0.500. The monoisotopic (exact) mass is 359 g/mol. The SMILES string of the molecule is O=C(CN1C(=O)[C@@H]2CCCN2C(=O)c2ccccc21)N1CCSCC1. The summed E-state index contributed by atoms with van der Waals surface area (Å²) < 4.78 is 0. The molecule has 2 fully saturated rings. The molecule has 3 aliphatic rings. The number of rotatable bonds is 2. The Hall–Kier alpha value is -2.02. The second-order valence-corrected chi connectivity index (χ2v) is 7.82. The molecule has 7 heteroatoms. The molecule has 3 aliphatic heterocycles. The number of carbonyl (C=O) groups is 3. The van der Waals surface area contributed by atoms with Crippen LogP contribution < -0.4 is 4.90 Å². The normalized spacial score (nSPS) is 23.4. The van der Waals surface area contributed by atoms with Crippen LogP contribution in [0.3, 0.4) is 0 Å². The van der Waals surface area contributed by atoms with Crippen LogP contribution in [-0.4, -0.2) is 71.2 Å². The molecule has 0 N–H and O–H groups in total. The first-order chi connectivity index (χ1) is 12.2. The second kappa shape index (κ2) is 6.71. The van der Waals surface area contributed by atoms with Gasteiger partial charge in [-0.05, 0) is 25.0 Å². The minimum Gasteiger partial charge on any atom is -0.339 e. The van der Waals surface area contributed by atoms with Crippen LogP contribution in [0, 0.1) is 0 Å². The first-order valence-corrected chi connectivity index (χ1v) is 9.89. The van der Waals surface area contributed by atoms with Gasteiger partial charge in [-0.1, -0.05) is 12.1 Å². The van der Waals surface area contributed by atoms with Crippen molar-refractivity contribution in [3.63, 3.8) is 0 Å². The first-order valence-electron chi connectivity index (χ1n) is 8.74. The highest BCUT2D eigenvalue weighted by atomic mass is 32.2. The van der Waals surface area contributed by atoms with Crippen molar-refractivity contribution in [1.29, 1.82) is 0 Å². The van der Waals surface area contributed by atoms with E-state index in [-0.39, 0.29) is 24.3 Å². The molecule has 3 heterocycles. The highest BCUT2D eigenvalue weighted by molar-refractivity contribution is 7.99. The summed E-state index contributed by atoms with van der Waals surface area (Å²) in [5.41, 5.74) is 1.08. The fourth-order valence-corrected chi connectivity index (χ4v) is 4.72. The molecule has 0 aliphatic carbocycles. The number of amides is 3. The number of fused-ring (bicyclic) bond motifs is 2. The van der Waals surface area contributed by atoms with Crippen molar-refractivity contribution >= 4 is 35.2 Å². The Morgan fingerprint density at radius 1 is 1.12 bits per heavy atom. The third-order valence-electron chi connectivity index (χ3n) is 5.15. The van der Waals surface area contributed by atoms with Crippen molar-refractivity contribution in [1.82, 2.24) is 9.80 Å². The van der Waals surface area contributed by atoms with E-state index in [0.29, 0.717) is 24.2 Å². The predicted molar refractivity (Wildman–Crippen MR) is 96.8 cm³/mol. The maximum absolute atomic E-state index is 13.1. The first kappa shape index (κ1) is 16.4. The largest absolute Gasteiger partial charge is 0.339 e. The van der Waals surface area contributed by atoms with Crippen LogP contribution >= 0.6 is 11.8 Å². The lowest BCUT2D eigenvalue weighted by Crippen LogP contribution is -2.50. The standard InChI is InChI=1S/C18H21N3O3S/c22-16(19-8-10-25-11-9-19)12-21-14-5-2-1-4-13(14)17(23)20-7-3-6-15(20)18(21)24/h1-2,4-5,15H,3,6-12H2/t15-/m0/s1. The molecule has 3 amide bonds. The average molecular weight is 359 g/mol. The lowest BCUT2D eigenvalue weighted by molar-refractivity contribution is -0.131. The van der Waals surface area contributed by atoms with Crippen LogP contribution in [0.5, 0.6) is 0 Å². The molecule has 1 aromatic carbocycles. The number of thioether (sulfide) groups is 1. The van der Waals surface area contributed by atoms with Gasteiger partial charge >= 0.3 is 0 Å². The molecule has 25 heavy (non-hydrogen) atoms. The molecular formula is C18H21N3O3S. The third kappa shape index (κ3) is 2.90. The Balaban J connectivity index is 1.67. The van der Waals surface area contributed by atoms with Crippen molar-refractivity contribution < 1.29 is 14.4 Å². The Morgan fingerprint density at radius 3 is 2.68 bits per heavy atom. The number of nitrogens with zero attached hydrogens (tertiary/aromatic N) is 3. The maximum Gasteiger partial charge on any atom is 0.256 e. The number of benzene rings is 1. The van der Waals surface area contributed by atoms with Gasteiger partial charge in [-0.25, -0.2) is 0 Å². The van der Waals surface area contributed by atoms with Gasteiger partial charge in [-0.15, -0.1) is 0 Å². The van der Waals surface area contributed by atoms with E-state index in [2.05, 4.69) is 0 Å². The second-order valence-electron chi connectivity index (χ2n) is 6.59. The van der Waals surface area contributed by atoms with E-state index in [1.807, 2.05) is 22.7 Å². The fourth-order valence-electron chi connectivity index (χ4n) is 3.82. The Kier molecular flexibility index (Phi) is 4.41. The van der Waals surface area contributed by atoms with Gasteiger partial charge in [0.25, 0.3) is 5.91 Å². The highest BCUT2D eigenvalue weighted by Gasteiger charge is 2.42. The molecule has 0 radical (unpaired) electrons. The average Bonchev–Trinajstić information content (AvgIpc) is 3.13. The lowest BCUT2D eigenvalue weighted by atomic mass is 10.1. The molecule has 1 aromatic rings.